The molecule has 0 bridgehead atoms. The average Bonchev–Trinajstić information content (AvgIpc) is 2.27. The molecule has 0 heterocycles. The van der Waals surface area contributed by atoms with E-state index in [1.165, 1.54) is 13.0 Å². The maximum absolute atomic E-state index is 12.7. The van der Waals surface area contributed by atoms with Crippen LogP contribution in [0.4, 0.5) is 4.39 Å². The van der Waals surface area contributed by atoms with Gasteiger partial charge in [-0.25, -0.2) is 4.39 Å². The van der Waals surface area contributed by atoms with Crippen molar-refractivity contribution in [1.29, 1.82) is 0 Å². The molecule has 0 aromatic heterocycles. The third kappa shape index (κ3) is 4.21. The molecular formula is C11H11ClFNO4. The predicted molar refractivity (Wildman–Crippen MR) is 62.1 cm³/mol. The Morgan fingerprint density at radius 1 is 1.56 bits per heavy atom. The van der Waals surface area contributed by atoms with E-state index in [1.807, 2.05) is 0 Å². The minimum absolute atomic E-state index is 0.0362. The third-order valence-electron chi connectivity index (χ3n) is 2.00. The summed E-state index contributed by atoms with van der Waals surface area (Å²) in [5.74, 6) is -2.12. The van der Waals surface area contributed by atoms with Gasteiger partial charge in [0.25, 0.3) is 5.91 Å². The Bertz CT molecular complexity index is 466. The lowest BCUT2D eigenvalue weighted by Crippen LogP contribution is -2.40. The Morgan fingerprint density at radius 3 is 2.78 bits per heavy atom. The van der Waals surface area contributed by atoms with Crippen LogP contribution in [0.25, 0.3) is 0 Å². The van der Waals surface area contributed by atoms with Crippen molar-refractivity contribution >= 4 is 23.5 Å². The molecular weight excluding hydrogens is 265 g/mol. The first-order valence-electron chi connectivity index (χ1n) is 5.00. The van der Waals surface area contributed by atoms with Gasteiger partial charge < -0.3 is 15.2 Å². The van der Waals surface area contributed by atoms with Gasteiger partial charge in [0.2, 0.25) is 0 Å². The van der Waals surface area contributed by atoms with Crippen molar-refractivity contribution in [3.63, 3.8) is 0 Å². The molecule has 1 rings (SSSR count). The molecule has 0 spiro atoms. The van der Waals surface area contributed by atoms with Crippen molar-refractivity contribution in [2.24, 2.45) is 0 Å². The summed E-state index contributed by atoms with van der Waals surface area (Å²) in [4.78, 5) is 21.8. The topological polar surface area (TPSA) is 75.6 Å². The number of ether oxygens (including phenoxy) is 1. The first kappa shape index (κ1) is 14.2. The molecule has 0 aliphatic carbocycles. The van der Waals surface area contributed by atoms with Crippen molar-refractivity contribution < 1.29 is 23.8 Å². The summed E-state index contributed by atoms with van der Waals surface area (Å²) < 4.78 is 17.8. The number of rotatable bonds is 5. The minimum atomic E-state index is -1.15. The molecule has 1 aromatic carbocycles. The van der Waals surface area contributed by atoms with E-state index in [9.17, 15) is 14.0 Å². The molecule has 1 amide bonds. The molecule has 7 heteroatoms. The first-order chi connectivity index (χ1) is 8.40. The maximum Gasteiger partial charge on any atom is 0.325 e. The second kappa shape index (κ2) is 6.20. The van der Waals surface area contributed by atoms with Gasteiger partial charge in [-0.15, -0.1) is 0 Å². The van der Waals surface area contributed by atoms with Crippen molar-refractivity contribution in [3.8, 4) is 5.75 Å². The zero-order valence-corrected chi connectivity index (χ0v) is 10.2. The summed E-state index contributed by atoms with van der Waals surface area (Å²) in [5.41, 5.74) is 0. The lowest BCUT2D eigenvalue weighted by Gasteiger charge is -2.11. The number of hydrogen-bond acceptors (Lipinski definition) is 3. The number of carboxylic acid groups (broad SMARTS) is 1. The number of aliphatic carboxylic acids is 1. The van der Waals surface area contributed by atoms with Gasteiger partial charge in [-0.2, -0.15) is 0 Å². The number of halogens is 2. The average molecular weight is 276 g/mol. The fraction of sp³-hybridized carbons (Fsp3) is 0.273. The van der Waals surface area contributed by atoms with Gasteiger partial charge in [0.1, 0.15) is 17.6 Å². The van der Waals surface area contributed by atoms with Crippen LogP contribution in [0.15, 0.2) is 18.2 Å². The molecule has 1 atom stereocenters. The van der Waals surface area contributed by atoms with Crippen LogP contribution in [0.5, 0.6) is 5.75 Å². The van der Waals surface area contributed by atoms with Crippen LogP contribution in [-0.4, -0.2) is 29.6 Å². The molecule has 2 N–H and O–H groups in total. The number of carbonyl (C=O) groups is 2. The third-order valence-corrected chi connectivity index (χ3v) is 2.30. The van der Waals surface area contributed by atoms with Gasteiger partial charge >= 0.3 is 5.97 Å². The van der Waals surface area contributed by atoms with Crippen LogP contribution < -0.4 is 10.1 Å². The summed E-state index contributed by atoms with van der Waals surface area (Å²) in [6, 6.07) is 2.46. The van der Waals surface area contributed by atoms with E-state index in [0.29, 0.717) is 0 Å². The Morgan fingerprint density at radius 2 is 2.22 bits per heavy atom. The van der Waals surface area contributed by atoms with Crippen LogP contribution in [0.1, 0.15) is 6.92 Å². The van der Waals surface area contributed by atoms with Gasteiger partial charge in [-0.05, 0) is 25.1 Å². The number of amides is 1. The quantitative estimate of drug-likeness (QED) is 0.853. The van der Waals surface area contributed by atoms with E-state index in [1.54, 1.807) is 0 Å². The number of nitrogens with one attached hydrogen (secondary N) is 1. The zero-order chi connectivity index (χ0) is 13.7. The van der Waals surface area contributed by atoms with Gasteiger partial charge in [0, 0.05) is 0 Å². The number of carbonyl (C=O) groups excluding carboxylic acids is 1. The molecule has 0 aliphatic rings. The molecule has 0 unspecified atom stereocenters. The summed E-state index contributed by atoms with van der Waals surface area (Å²) in [6.07, 6.45) is 0. The van der Waals surface area contributed by atoms with E-state index in [2.05, 4.69) is 5.32 Å². The van der Waals surface area contributed by atoms with Crippen molar-refractivity contribution in [1.82, 2.24) is 5.32 Å². The Labute approximate surface area is 108 Å². The SMILES string of the molecule is C[C@@H](NC(=O)COc1ccc(F)cc1Cl)C(=O)O. The molecule has 0 aliphatic heterocycles. The van der Waals surface area contributed by atoms with Crippen LogP contribution in [-0.2, 0) is 9.59 Å². The smallest absolute Gasteiger partial charge is 0.325 e. The molecule has 0 saturated carbocycles. The Kier molecular flexibility index (Phi) is 4.91. The Hall–Kier alpha value is -1.82. The summed E-state index contributed by atoms with van der Waals surface area (Å²) in [7, 11) is 0. The minimum Gasteiger partial charge on any atom is -0.482 e. The van der Waals surface area contributed by atoms with Crippen molar-refractivity contribution in [2.45, 2.75) is 13.0 Å². The fourth-order valence-corrected chi connectivity index (χ4v) is 1.30. The van der Waals surface area contributed by atoms with Crippen molar-refractivity contribution in [2.75, 3.05) is 6.61 Å². The molecule has 98 valence electrons. The van der Waals surface area contributed by atoms with Gasteiger partial charge in [-0.1, -0.05) is 11.6 Å². The molecule has 0 fully saturated rings. The highest BCUT2D eigenvalue weighted by molar-refractivity contribution is 6.32. The Balaban J connectivity index is 2.50. The van der Waals surface area contributed by atoms with E-state index < -0.39 is 30.3 Å². The summed E-state index contributed by atoms with van der Waals surface area (Å²) >= 11 is 5.68. The van der Waals surface area contributed by atoms with Crippen LogP contribution in [0.3, 0.4) is 0 Å². The fourth-order valence-electron chi connectivity index (χ4n) is 1.08. The number of hydrogen-bond donors (Lipinski definition) is 2. The highest BCUT2D eigenvalue weighted by Gasteiger charge is 2.14. The van der Waals surface area contributed by atoms with Crippen molar-refractivity contribution in [3.05, 3.63) is 29.0 Å². The van der Waals surface area contributed by atoms with E-state index in [-0.39, 0.29) is 10.8 Å². The molecule has 5 nitrogen and oxygen atoms in total. The molecule has 0 radical (unpaired) electrons. The normalized spacial score (nSPS) is 11.7. The zero-order valence-electron chi connectivity index (χ0n) is 9.44. The monoisotopic (exact) mass is 275 g/mol. The van der Waals surface area contributed by atoms with Crippen LogP contribution >= 0.6 is 11.6 Å². The summed E-state index contributed by atoms with van der Waals surface area (Å²) in [6.45, 7) is 0.925. The highest BCUT2D eigenvalue weighted by atomic mass is 35.5. The van der Waals surface area contributed by atoms with E-state index >= 15 is 0 Å². The largest absolute Gasteiger partial charge is 0.482 e. The second-order valence-corrected chi connectivity index (χ2v) is 3.90. The van der Waals surface area contributed by atoms with Gasteiger partial charge in [-0.3, -0.25) is 9.59 Å². The molecule has 1 aromatic rings. The van der Waals surface area contributed by atoms with E-state index in [4.69, 9.17) is 21.4 Å². The van der Waals surface area contributed by atoms with Crippen LogP contribution in [0, 0.1) is 5.82 Å². The van der Waals surface area contributed by atoms with Gasteiger partial charge in [0.15, 0.2) is 6.61 Å². The molecule has 0 saturated heterocycles. The van der Waals surface area contributed by atoms with Crippen LogP contribution in [0.2, 0.25) is 5.02 Å². The maximum atomic E-state index is 12.7. The first-order valence-corrected chi connectivity index (χ1v) is 5.38. The molecule has 18 heavy (non-hydrogen) atoms. The standard InChI is InChI=1S/C11H11ClFNO4/c1-6(11(16)17)14-10(15)5-18-9-3-2-7(13)4-8(9)12/h2-4,6H,5H2,1H3,(H,14,15)(H,16,17)/t6-/m1/s1. The lowest BCUT2D eigenvalue weighted by molar-refractivity contribution is -0.141. The number of benzene rings is 1. The second-order valence-electron chi connectivity index (χ2n) is 3.49. The van der Waals surface area contributed by atoms with E-state index in [0.717, 1.165) is 12.1 Å². The number of carboxylic acids is 1. The van der Waals surface area contributed by atoms with Gasteiger partial charge in [0.05, 0.1) is 5.02 Å². The summed E-state index contributed by atoms with van der Waals surface area (Å²) in [5, 5.41) is 10.8. The lowest BCUT2D eigenvalue weighted by atomic mass is 10.3. The predicted octanol–water partition coefficient (Wildman–Crippen LogP) is 1.45. The highest BCUT2D eigenvalue weighted by Crippen LogP contribution is 2.24.